The van der Waals surface area contributed by atoms with E-state index in [-0.39, 0.29) is 6.42 Å². The van der Waals surface area contributed by atoms with E-state index in [4.69, 9.17) is 16.3 Å². The Morgan fingerprint density at radius 1 is 1.00 bits per heavy atom. The molecule has 6 nitrogen and oxygen atoms in total. The van der Waals surface area contributed by atoms with Gasteiger partial charge in [0.25, 0.3) is 11.8 Å². The van der Waals surface area contributed by atoms with Crippen LogP contribution in [0.4, 0.5) is 0 Å². The molecule has 2 amide bonds. The van der Waals surface area contributed by atoms with Crippen molar-refractivity contribution in [2.45, 2.75) is 19.4 Å². The Balaban J connectivity index is 1.78. The lowest BCUT2D eigenvalue weighted by Gasteiger charge is -2.14. The second-order valence-corrected chi connectivity index (χ2v) is 5.68. The fraction of sp³-hybridized carbons (Fsp3) is 0.167. The van der Waals surface area contributed by atoms with Gasteiger partial charge in [0, 0.05) is 10.6 Å². The Kier molecular flexibility index (Phi) is 6.54. The number of hydrogen-bond donors (Lipinski definition) is 2. The van der Waals surface area contributed by atoms with Crippen LogP contribution in [0.15, 0.2) is 54.6 Å². The van der Waals surface area contributed by atoms with Gasteiger partial charge in [-0.25, -0.2) is 0 Å². The van der Waals surface area contributed by atoms with E-state index in [1.54, 1.807) is 54.6 Å². The van der Waals surface area contributed by atoms with Crippen LogP contribution in [0.2, 0.25) is 5.02 Å². The van der Waals surface area contributed by atoms with Gasteiger partial charge in [0.2, 0.25) is 0 Å². The molecule has 130 valence electrons. The van der Waals surface area contributed by atoms with Crippen molar-refractivity contribution in [3.63, 3.8) is 0 Å². The molecule has 7 heteroatoms. The zero-order chi connectivity index (χ0) is 18.2. The Hall–Kier alpha value is -2.86. The van der Waals surface area contributed by atoms with Gasteiger partial charge in [-0.05, 0) is 36.8 Å². The van der Waals surface area contributed by atoms with Gasteiger partial charge in [-0.15, -0.1) is 0 Å². The minimum Gasteiger partial charge on any atom is -0.452 e. The molecular formula is C18H17ClN2O4. The molecule has 2 aromatic carbocycles. The maximum absolute atomic E-state index is 11.9. The number of amides is 2. The molecule has 1 atom stereocenters. The number of carbonyl (C=O) groups is 3. The van der Waals surface area contributed by atoms with E-state index in [0.29, 0.717) is 10.6 Å². The molecule has 0 fully saturated rings. The van der Waals surface area contributed by atoms with Gasteiger partial charge in [0.1, 0.15) is 0 Å². The lowest BCUT2D eigenvalue weighted by molar-refractivity contribution is -0.154. The molecule has 0 bridgehead atoms. The van der Waals surface area contributed by atoms with Gasteiger partial charge in [-0.1, -0.05) is 41.9 Å². The summed E-state index contributed by atoms with van der Waals surface area (Å²) < 4.78 is 5.05. The van der Waals surface area contributed by atoms with Crippen LogP contribution in [-0.4, -0.2) is 23.9 Å². The van der Waals surface area contributed by atoms with Crippen LogP contribution in [0.5, 0.6) is 0 Å². The molecule has 0 saturated carbocycles. The van der Waals surface area contributed by atoms with Crippen molar-refractivity contribution in [1.29, 1.82) is 0 Å². The van der Waals surface area contributed by atoms with Crippen LogP contribution >= 0.6 is 11.6 Å². The highest BCUT2D eigenvalue weighted by atomic mass is 35.5. The molecule has 2 rings (SSSR count). The third-order valence-electron chi connectivity index (χ3n) is 3.27. The number of esters is 1. The molecule has 25 heavy (non-hydrogen) atoms. The highest BCUT2D eigenvalue weighted by molar-refractivity contribution is 6.30. The smallest absolute Gasteiger partial charge is 0.311 e. The lowest BCUT2D eigenvalue weighted by Crippen LogP contribution is -2.46. The number of hydrogen-bond acceptors (Lipinski definition) is 4. The average Bonchev–Trinajstić information content (AvgIpc) is 2.62. The fourth-order valence-corrected chi connectivity index (χ4v) is 2.07. The first kappa shape index (κ1) is 18.5. The average molecular weight is 361 g/mol. The summed E-state index contributed by atoms with van der Waals surface area (Å²) in [4.78, 5) is 35.6. The van der Waals surface area contributed by atoms with E-state index in [1.165, 1.54) is 6.92 Å². The fourth-order valence-electron chi connectivity index (χ4n) is 1.94. The molecule has 0 heterocycles. The van der Waals surface area contributed by atoms with Crippen LogP contribution in [-0.2, 0) is 20.7 Å². The number of nitrogens with one attached hydrogen (secondary N) is 2. The Morgan fingerprint density at radius 3 is 2.28 bits per heavy atom. The maximum atomic E-state index is 11.9. The number of hydrazine groups is 1. The normalized spacial score (nSPS) is 11.3. The van der Waals surface area contributed by atoms with Crippen molar-refractivity contribution in [2.75, 3.05) is 0 Å². The van der Waals surface area contributed by atoms with Gasteiger partial charge in [0.15, 0.2) is 6.10 Å². The summed E-state index contributed by atoms with van der Waals surface area (Å²) in [5.74, 6) is -1.65. The Labute approximate surface area is 150 Å². The number of ether oxygens (including phenoxy) is 1. The van der Waals surface area contributed by atoms with E-state index in [2.05, 4.69) is 10.9 Å². The summed E-state index contributed by atoms with van der Waals surface area (Å²) >= 11 is 5.78. The first-order valence-electron chi connectivity index (χ1n) is 7.55. The molecule has 2 N–H and O–H groups in total. The van der Waals surface area contributed by atoms with Gasteiger partial charge in [-0.2, -0.15) is 0 Å². The monoisotopic (exact) mass is 360 g/mol. The summed E-state index contributed by atoms with van der Waals surface area (Å²) in [6.45, 7) is 1.42. The van der Waals surface area contributed by atoms with Crippen LogP contribution in [0.1, 0.15) is 22.8 Å². The zero-order valence-corrected chi connectivity index (χ0v) is 14.2. The van der Waals surface area contributed by atoms with Crippen LogP contribution in [0, 0.1) is 0 Å². The van der Waals surface area contributed by atoms with Crippen LogP contribution in [0.25, 0.3) is 0 Å². The SMILES string of the molecule is C[C@H](OC(=O)Cc1ccc(Cl)cc1)C(=O)NNC(=O)c1ccccc1. The molecule has 0 aliphatic rings. The second kappa shape index (κ2) is 8.84. The maximum Gasteiger partial charge on any atom is 0.311 e. The molecule has 0 saturated heterocycles. The molecule has 0 unspecified atom stereocenters. The predicted molar refractivity (Wildman–Crippen MR) is 92.8 cm³/mol. The summed E-state index contributed by atoms with van der Waals surface area (Å²) in [6.07, 6.45) is -1.03. The molecule has 0 aliphatic carbocycles. The molecule has 0 aromatic heterocycles. The molecule has 2 aromatic rings. The van der Waals surface area contributed by atoms with E-state index < -0.39 is 23.9 Å². The summed E-state index contributed by atoms with van der Waals surface area (Å²) in [5, 5.41) is 0.569. The number of halogens is 1. The Morgan fingerprint density at radius 2 is 1.64 bits per heavy atom. The van der Waals surface area contributed by atoms with Crippen molar-refractivity contribution in [3.8, 4) is 0 Å². The minimum atomic E-state index is -1.05. The lowest BCUT2D eigenvalue weighted by atomic mass is 10.1. The summed E-state index contributed by atoms with van der Waals surface area (Å²) in [5.41, 5.74) is 5.61. The van der Waals surface area contributed by atoms with Crippen molar-refractivity contribution in [1.82, 2.24) is 10.9 Å². The van der Waals surface area contributed by atoms with E-state index in [9.17, 15) is 14.4 Å². The number of benzene rings is 2. The van der Waals surface area contributed by atoms with E-state index in [1.807, 2.05) is 0 Å². The predicted octanol–water partition coefficient (Wildman–Crippen LogP) is 2.28. The molecular weight excluding hydrogens is 344 g/mol. The number of rotatable bonds is 5. The van der Waals surface area contributed by atoms with Crippen molar-refractivity contribution in [3.05, 3.63) is 70.7 Å². The highest BCUT2D eigenvalue weighted by Crippen LogP contribution is 2.10. The summed E-state index contributed by atoms with van der Waals surface area (Å²) in [7, 11) is 0. The molecule has 0 spiro atoms. The molecule has 0 radical (unpaired) electrons. The van der Waals surface area contributed by atoms with E-state index in [0.717, 1.165) is 5.56 Å². The third-order valence-corrected chi connectivity index (χ3v) is 3.53. The van der Waals surface area contributed by atoms with Crippen molar-refractivity contribution in [2.24, 2.45) is 0 Å². The second-order valence-electron chi connectivity index (χ2n) is 5.24. The topological polar surface area (TPSA) is 84.5 Å². The quantitative estimate of drug-likeness (QED) is 0.633. The number of carbonyl (C=O) groups excluding carboxylic acids is 3. The third kappa shape index (κ3) is 5.93. The van der Waals surface area contributed by atoms with Gasteiger partial charge >= 0.3 is 5.97 Å². The molecule has 0 aliphatic heterocycles. The van der Waals surface area contributed by atoms with Crippen LogP contribution in [0.3, 0.4) is 0 Å². The largest absolute Gasteiger partial charge is 0.452 e. The summed E-state index contributed by atoms with van der Waals surface area (Å²) in [6, 6.07) is 15.1. The Bertz CT molecular complexity index is 747. The van der Waals surface area contributed by atoms with E-state index >= 15 is 0 Å². The van der Waals surface area contributed by atoms with Crippen molar-refractivity contribution >= 4 is 29.4 Å². The van der Waals surface area contributed by atoms with Crippen molar-refractivity contribution < 1.29 is 19.1 Å². The standard InChI is InChI=1S/C18H17ClN2O4/c1-12(25-16(22)11-13-7-9-15(19)10-8-13)17(23)20-21-18(24)14-5-3-2-4-6-14/h2-10,12H,11H2,1H3,(H,20,23)(H,21,24)/t12-/m0/s1. The highest BCUT2D eigenvalue weighted by Gasteiger charge is 2.18. The first-order valence-corrected chi connectivity index (χ1v) is 7.92. The van der Waals surface area contributed by atoms with Crippen LogP contribution < -0.4 is 10.9 Å². The zero-order valence-electron chi connectivity index (χ0n) is 13.5. The van der Waals surface area contributed by atoms with Gasteiger partial charge in [0.05, 0.1) is 6.42 Å². The van der Waals surface area contributed by atoms with Gasteiger partial charge < -0.3 is 4.74 Å². The minimum absolute atomic E-state index is 0.0190. The first-order chi connectivity index (χ1) is 12.0. The van der Waals surface area contributed by atoms with Gasteiger partial charge in [-0.3, -0.25) is 25.2 Å².